The molecule has 0 fully saturated rings. The van der Waals surface area contributed by atoms with Crippen LogP contribution in [0, 0.1) is 13.8 Å². The van der Waals surface area contributed by atoms with E-state index in [0.717, 1.165) is 33.7 Å². The van der Waals surface area contributed by atoms with Crippen LogP contribution in [0.5, 0.6) is 0 Å². The van der Waals surface area contributed by atoms with E-state index in [0.29, 0.717) is 10.8 Å². The summed E-state index contributed by atoms with van der Waals surface area (Å²) in [5.74, 6) is 2.23. The first-order valence-electron chi connectivity index (χ1n) is 8.43. The number of nitrogens with zero attached hydrogens (tertiary/aromatic N) is 4. The first-order valence-corrected chi connectivity index (χ1v) is 9.80. The molecule has 2 heterocycles. The summed E-state index contributed by atoms with van der Waals surface area (Å²) in [5, 5.41) is 14.4. The van der Waals surface area contributed by atoms with Crippen molar-refractivity contribution in [3.63, 3.8) is 0 Å². The summed E-state index contributed by atoms with van der Waals surface area (Å²) < 4.78 is 7.19. The summed E-state index contributed by atoms with van der Waals surface area (Å²) >= 11 is 7.63. The van der Waals surface area contributed by atoms with E-state index in [1.54, 1.807) is 11.8 Å². The van der Waals surface area contributed by atoms with Gasteiger partial charge in [-0.15, -0.1) is 10.2 Å². The number of hydrogen-bond donors (Lipinski definition) is 0. The average Bonchev–Trinajstić information content (AvgIpc) is 3.27. The third kappa shape index (κ3) is 3.91. The molecule has 7 heteroatoms. The maximum Gasteiger partial charge on any atom is 0.196 e. The van der Waals surface area contributed by atoms with Gasteiger partial charge in [0.25, 0.3) is 0 Å². The first-order chi connectivity index (χ1) is 13.1. The fraction of sp³-hybridized carbons (Fsp3) is 0.150. The Morgan fingerprint density at radius 3 is 2.41 bits per heavy atom. The molecule has 0 spiro atoms. The lowest BCUT2D eigenvalue weighted by atomic mass is 10.1. The fourth-order valence-electron chi connectivity index (χ4n) is 2.70. The summed E-state index contributed by atoms with van der Waals surface area (Å²) in [6, 6.07) is 17.8. The molecule has 4 rings (SSSR count). The lowest BCUT2D eigenvalue weighted by Crippen LogP contribution is -1.99. The Morgan fingerprint density at radius 2 is 1.74 bits per heavy atom. The average molecular weight is 397 g/mol. The minimum absolute atomic E-state index is 0.650. The van der Waals surface area contributed by atoms with Crippen molar-refractivity contribution in [1.29, 1.82) is 0 Å². The Morgan fingerprint density at radius 1 is 1.00 bits per heavy atom. The Labute approximate surface area is 166 Å². The van der Waals surface area contributed by atoms with Crippen molar-refractivity contribution in [2.24, 2.45) is 0 Å². The van der Waals surface area contributed by atoms with Crippen LogP contribution in [0.1, 0.15) is 17.0 Å². The predicted octanol–water partition coefficient (Wildman–Crippen LogP) is 5.48. The van der Waals surface area contributed by atoms with Crippen LogP contribution in [0.4, 0.5) is 0 Å². The number of aryl methyl sites for hydroxylation is 2. The minimum Gasteiger partial charge on any atom is -0.361 e. The van der Waals surface area contributed by atoms with Gasteiger partial charge >= 0.3 is 0 Å². The highest BCUT2D eigenvalue weighted by molar-refractivity contribution is 7.98. The second-order valence-electron chi connectivity index (χ2n) is 6.20. The summed E-state index contributed by atoms with van der Waals surface area (Å²) in [4.78, 5) is 0. The number of hydrogen-bond acceptors (Lipinski definition) is 5. The van der Waals surface area contributed by atoms with Crippen molar-refractivity contribution in [3.8, 4) is 17.1 Å². The van der Waals surface area contributed by atoms with Crippen molar-refractivity contribution < 1.29 is 4.52 Å². The van der Waals surface area contributed by atoms with Crippen LogP contribution in [0.2, 0.25) is 5.02 Å². The van der Waals surface area contributed by atoms with Gasteiger partial charge in [0, 0.05) is 28.1 Å². The molecule has 2 aromatic heterocycles. The molecule has 136 valence electrons. The standard InChI is InChI=1S/C20H17ClN4OS/c1-13-3-5-15(6-4-13)19-22-23-20(27-12-17-11-14(2)26-24-17)25(19)18-9-7-16(21)8-10-18/h3-11H,12H2,1-2H3. The molecule has 5 nitrogen and oxygen atoms in total. The molecule has 4 aromatic rings. The van der Waals surface area contributed by atoms with Gasteiger partial charge in [0.2, 0.25) is 0 Å². The van der Waals surface area contributed by atoms with Crippen LogP contribution in [0.15, 0.2) is 64.3 Å². The highest BCUT2D eigenvalue weighted by Gasteiger charge is 2.17. The predicted molar refractivity (Wildman–Crippen MR) is 107 cm³/mol. The lowest BCUT2D eigenvalue weighted by Gasteiger charge is -2.10. The molecule has 0 atom stereocenters. The van der Waals surface area contributed by atoms with Crippen molar-refractivity contribution in [3.05, 3.63) is 76.6 Å². The monoisotopic (exact) mass is 396 g/mol. The summed E-state index contributed by atoms with van der Waals surface area (Å²) in [5.41, 5.74) is 4.04. The molecule has 0 saturated carbocycles. The van der Waals surface area contributed by atoms with Crippen LogP contribution >= 0.6 is 23.4 Å². The number of rotatable bonds is 5. The SMILES string of the molecule is Cc1ccc(-c2nnc(SCc3cc(C)on3)n2-c2ccc(Cl)cc2)cc1. The normalized spacial score (nSPS) is 11.1. The van der Waals surface area contributed by atoms with E-state index >= 15 is 0 Å². The molecular formula is C20H17ClN4OS. The van der Waals surface area contributed by atoms with Crippen molar-refractivity contribution >= 4 is 23.4 Å². The molecule has 0 aliphatic carbocycles. The van der Waals surface area contributed by atoms with Gasteiger partial charge in [-0.2, -0.15) is 0 Å². The topological polar surface area (TPSA) is 56.7 Å². The van der Waals surface area contributed by atoms with Gasteiger partial charge in [-0.25, -0.2) is 0 Å². The van der Waals surface area contributed by atoms with Crippen LogP contribution in [-0.2, 0) is 5.75 Å². The maximum atomic E-state index is 6.07. The van der Waals surface area contributed by atoms with E-state index in [-0.39, 0.29) is 0 Å². The molecule has 0 unspecified atom stereocenters. The smallest absolute Gasteiger partial charge is 0.196 e. The first kappa shape index (κ1) is 17.8. The second-order valence-corrected chi connectivity index (χ2v) is 7.58. The van der Waals surface area contributed by atoms with Crippen molar-refractivity contribution in [1.82, 2.24) is 19.9 Å². The Balaban J connectivity index is 1.74. The molecule has 0 amide bonds. The highest BCUT2D eigenvalue weighted by atomic mass is 35.5. The van der Waals surface area contributed by atoms with Gasteiger partial charge in [0.15, 0.2) is 11.0 Å². The van der Waals surface area contributed by atoms with Gasteiger partial charge in [-0.3, -0.25) is 4.57 Å². The van der Waals surface area contributed by atoms with E-state index in [9.17, 15) is 0 Å². The molecule has 0 N–H and O–H groups in total. The van der Waals surface area contributed by atoms with Crippen LogP contribution in [0.3, 0.4) is 0 Å². The van der Waals surface area contributed by atoms with Crippen LogP contribution < -0.4 is 0 Å². The van der Waals surface area contributed by atoms with Gasteiger partial charge < -0.3 is 4.52 Å². The number of aromatic nitrogens is 4. The quantitative estimate of drug-likeness (QED) is 0.418. The molecule has 0 radical (unpaired) electrons. The summed E-state index contributed by atoms with van der Waals surface area (Å²) in [6.45, 7) is 3.95. The molecule has 0 bridgehead atoms. The zero-order valence-electron chi connectivity index (χ0n) is 14.9. The molecule has 0 saturated heterocycles. The van der Waals surface area contributed by atoms with Gasteiger partial charge in [-0.05, 0) is 38.1 Å². The molecule has 0 aliphatic heterocycles. The summed E-state index contributed by atoms with van der Waals surface area (Å²) in [6.07, 6.45) is 0. The zero-order chi connectivity index (χ0) is 18.8. The Bertz CT molecular complexity index is 1050. The minimum atomic E-state index is 0.650. The summed E-state index contributed by atoms with van der Waals surface area (Å²) in [7, 11) is 0. The van der Waals surface area contributed by atoms with E-state index in [1.807, 2.05) is 41.8 Å². The molecule has 0 aliphatic rings. The number of halogens is 1. The second kappa shape index (κ2) is 7.58. The van der Waals surface area contributed by atoms with Crippen molar-refractivity contribution in [2.75, 3.05) is 0 Å². The van der Waals surface area contributed by atoms with Gasteiger partial charge in [0.1, 0.15) is 5.76 Å². The van der Waals surface area contributed by atoms with E-state index in [2.05, 4.69) is 46.5 Å². The Kier molecular flexibility index (Phi) is 5.01. The fourth-order valence-corrected chi connectivity index (χ4v) is 3.66. The highest BCUT2D eigenvalue weighted by Crippen LogP contribution is 2.30. The van der Waals surface area contributed by atoms with Crippen LogP contribution in [0.25, 0.3) is 17.1 Å². The van der Waals surface area contributed by atoms with Crippen molar-refractivity contribution in [2.45, 2.75) is 24.8 Å². The molecule has 2 aromatic carbocycles. The largest absolute Gasteiger partial charge is 0.361 e. The van der Waals surface area contributed by atoms with Gasteiger partial charge in [0.05, 0.1) is 5.69 Å². The molecular weight excluding hydrogens is 380 g/mol. The van der Waals surface area contributed by atoms with Gasteiger partial charge in [-0.1, -0.05) is 58.3 Å². The maximum absolute atomic E-state index is 6.07. The van der Waals surface area contributed by atoms with E-state index in [4.69, 9.17) is 16.1 Å². The van der Waals surface area contributed by atoms with E-state index < -0.39 is 0 Å². The lowest BCUT2D eigenvalue weighted by molar-refractivity contribution is 0.393. The Hall–Kier alpha value is -2.57. The third-order valence-corrected chi connectivity index (χ3v) is 5.27. The third-order valence-electron chi connectivity index (χ3n) is 4.05. The zero-order valence-corrected chi connectivity index (χ0v) is 16.5. The van der Waals surface area contributed by atoms with Crippen LogP contribution in [-0.4, -0.2) is 19.9 Å². The molecule has 27 heavy (non-hydrogen) atoms. The van der Waals surface area contributed by atoms with E-state index in [1.165, 1.54) is 5.56 Å². The number of benzene rings is 2. The number of thioether (sulfide) groups is 1.